The molecule has 1 N–H and O–H groups in total. The van der Waals surface area contributed by atoms with Crippen molar-refractivity contribution < 1.29 is 33.0 Å². The van der Waals surface area contributed by atoms with Gasteiger partial charge in [0.1, 0.15) is 11.6 Å². The average molecular weight is 484 g/mol. The smallest absolute Gasteiger partial charge is 0.340 e. The maximum absolute atomic E-state index is 13.7. The number of carboxylic acid groups (broad SMARTS) is 1. The Bertz CT molecular complexity index is 1270. The van der Waals surface area contributed by atoms with Crippen molar-refractivity contribution in [2.24, 2.45) is 0 Å². The molecule has 0 radical (unpaired) electrons. The number of methoxy groups -OCH3 is 2. The van der Waals surface area contributed by atoms with E-state index in [1.165, 1.54) is 38.6 Å². The highest BCUT2D eigenvalue weighted by molar-refractivity contribution is 5.95. The summed E-state index contributed by atoms with van der Waals surface area (Å²) >= 11 is 0. The van der Waals surface area contributed by atoms with Gasteiger partial charge in [0.15, 0.2) is 11.6 Å². The zero-order valence-corrected chi connectivity index (χ0v) is 19.7. The van der Waals surface area contributed by atoms with Gasteiger partial charge < -0.3 is 14.6 Å². The molecule has 0 aliphatic rings. The molecule has 0 unspecified atom stereocenters. The molecule has 9 heteroatoms. The van der Waals surface area contributed by atoms with Gasteiger partial charge in [-0.3, -0.25) is 4.57 Å². The number of hydrogen-bond acceptors (Lipinski definition) is 5. The lowest BCUT2D eigenvalue weighted by molar-refractivity contribution is -0.132. The molecule has 1 aromatic heterocycles. The van der Waals surface area contributed by atoms with E-state index in [1.807, 2.05) is 6.92 Å². The van der Waals surface area contributed by atoms with Crippen LogP contribution in [-0.4, -0.2) is 40.8 Å². The topological polar surface area (TPSA) is 90.6 Å². The van der Waals surface area contributed by atoms with Gasteiger partial charge >= 0.3 is 11.9 Å². The maximum atomic E-state index is 13.7. The lowest BCUT2D eigenvalue weighted by atomic mass is 10.0. The number of carbonyl (C=O) groups is 2. The number of rotatable bonds is 10. The summed E-state index contributed by atoms with van der Waals surface area (Å²) in [6.45, 7) is 2.03. The molecule has 0 fully saturated rings. The van der Waals surface area contributed by atoms with Gasteiger partial charge in [0.05, 0.1) is 37.4 Å². The van der Waals surface area contributed by atoms with E-state index in [9.17, 15) is 23.5 Å². The van der Waals surface area contributed by atoms with Crippen LogP contribution in [0.1, 0.15) is 47.2 Å². The molecule has 0 atom stereocenters. The van der Waals surface area contributed by atoms with Crippen molar-refractivity contribution in [1.82, 2.24) is 9.55 Å². The number of imidazole rings is 1. The first-order valence-corrected chi connectivity index (χ1v) is 11.0. The Balaban J connectivity index is 2.17. The van der Waals surface area contributed by atoms with Crippen molar-refractivity contribution in [2.75, 3.05) is 14.2 Å². The van der Waals surface area contributed by atoms with Crippen LogP contribution in [0.25, 0.3) is 11.8 Å². The summed E-state index contributed by atoms with van der Waals surface area (Å²) in [5.74, 6) is -2.80. The molecule has 0 saturated carbocycles. The Morgan fingerprint density at radius 1 is 1.11 bits per heavy atom. The first-order chi connectivity index (χ1) is 16.8. The summed E-state index contributed by atoms with van der Waals surface area (Å²) in [6.07, 6.45) is 5.10. The third-order valence-corrected chi connectivity index (χ3v) is 5.44. The first kappa shape index (κ1) is 25.6. The number of hydrogen-bond donors (Lipinski definition) is 1. The van der Waals surface area contributed by atoms with E-state index in [1.54, 1.807) is 16.7 Å². The van der Waals surface area contributed by atoms with E-state index in [4.69, 9.17) is 9.47 Å². The number of unbranched alkanes of at least 4 members (excludes halogenated alkanes) is 1. The third-order valence-electron chi connectivity index (χ3n) is 5.44. The maximum Gasteiger partial charge on any atom is 0.340 e. The molecule has 2 aromatic carbocycles. The molecule has 0 spiro atoms. The third kappa shape index (κ3) is 5.92. The lowest BCUT2D eigenvalue weighted by Gasteiger charge is -2.16. The van der Waals surface area contributed by atoms with Gasteiger partial charge in [-0.1, -0.05) is 19.4 Å². The van der Waals surface area contributed by atoms with Gasteiger partial charge in [-0.25, -0.2) is 23.4 Å². The van der Waals surface area contributed by atoms with Crippen LogP contribution in [0.15, 0.2) is 48.2 Å². The van der Waals surface area contributed by atoms with Crippen molar-refractivity contribution in [3.63, 3.8) is 0 Å². The Morgan fingerprint density at radius 3 is 2.51 bits per heavy atom. The Kier molecular flexibility index (Phi) is 8.35. The minimum absolute atomic E-state index is 0.0627. The lowest BCUT2D eigenvalue weighted by Crippen LogP contribution is -2.12. The Morgan fingerprint density at radius 2 is 1.89 bits per heavy atom. The number of aryl methyl sites for hydroxylation is 1. The van der Waals surface area contributed by atoms with E-state index >= 15 is 0 Å². The fourth-order valence-corrected chi connectivity index (χ4v) is 3.64. The minimum Gasteiger partial charge on any atom is -0.497 e. The monoisotopic (exact) mass is 484 g/mol. The first-order valence-electron chi connectivity index (χ1n) is 11.0. The van der Waals surface area contributed by atoms with Crippen LogP contribution in [0.2, 0.25) is 0 Å². The quantitative estimate of drug-likeness (QED) is 0.322. The van der Waals surface area contributed by atoms with Crippen LogP contribution in [0.3, 0.4) is 0 Å². The minimum atomic E-state index is -1.22. The molecule has 3 rings (SSSR count). The van der Waals surface area contributed by atoms with E-state index in [2.05, 4.69) is 4.98 Å². The fourth-order valence-electron chi connectivity index (χ4n) is 3.64. The van der Waals surface area contributed by atoms with Crippen molar-refractivity contribution in [3.05, 3.63) is 82.4 Å². The number of benzene rings is 2. The summed E-state index contributed by atoms with van der Waals surface area (Å²) < 4.78 is 38.9. The SMILES string of the molecule is CCCCc1ncc(/C=C(\Cc2ccc(F)c(F)c2)C(=O)O)n1-c1ccc(OC)cc1C(=O)OC. The number of esters is 1. The van der Waals surface area contributed by atoms with Crippen LogP contribution in [0.4, 0.5) is 8.78 Å². The normalized spacial score (nSPS) is 11.4. The number of carbonyl (C=O) groups excluding carboxylic acids is 1. The van der Waals surface area contributed by atoms with Crippen molar-refractivity contribution in [2.45, 2.75) is 32.6 Å². The molecule has 0 aliphatic heterocycles. The van der Waals surface area contributed by atoms with Crippen LogP contribution in [0.5, 0.6) is 5.75 Å². The molecule has 3 aromatic rings. The molecule has 0 aliphatic carbocycles. The molecule has 7 nitrogen and oxygen atoms in total. The van der Waals surface area contributed by atoms with E-state index in [0.717, 1.165) is 25.0 Å². The number of aromatic nitrogens is 2. The van der Waals surface area contributed by atoms with E-state index in [0.29, 0.717) is 34.9 Å². The van der Waals surface area contributed by atoms with Gasteiger partial charge in [0, 0.05) is 18.4 Å². The second-order valence-corrected chi connectivity index (χ2v) is 7.81. The Hall–Kier alpha value is -4.01. The molecular formula is C26H26F2N2O5. The van der Waals surface area contributed by atoms with Gasteiger partial charge in [0.2, 0.25) is 0 Å². The number of halogens is 2. The zero-order valence-electron chi connectivity index (χ0n) is 19.7. The van der Waals surface area contributed by atoms with E-state index < -0.39 is 23.6 Å². The number of ether oxygens (including phenoxy) is 2. The van der Waals surface area contributed by atoms with Crippen molar-refractivity contribution in [1.29, 1.82) is 0 Å². The molecule has 1 heterocycles. The molecule has 184 valence electrons. The highest BCUT2D eigenvalue weighted by atomic mass is 19.2. The highest BCUT2D eigenvalue weighted by Crippen LogP contribution is 2.27. The summed E-state index contributed by atoms with van der Waals surface area (Å²) in [5.41, 5.74) is 1.31. The Labute approximate surface area is 201 Å². The predicted octanol–water partition coefficient (Wildman–Crippen LogP) is 5.00. The summed E-state index contributed by atoms with van der Waals surface area (Å²) in [7, 11) is 2.74. The number of carboxylic acids is 1. The fraction of sp³-hybridized carbons (Fsp3) is 0.269. The van der Waals surface area contributed by atoms with Crippen molar-refractivity contribution in [3.8, 4) is 11.4 Å². The van der Waals surface area contributed by atoms with Gasteiger partial charge in [-0.05, 0) is 48.4 Å². The largest absolute Gasteiger partial charge is 0.497 e. The summed E-state index contributed by atoms with van der Waals surface area (Å²) in [4.78, 5) is 29.1. The summed E-state index contributed by atoms with van der Waals surface area (Å²) in [5, 5.41) is 9.82. The highest BCUT2D eigenvalue weighted by Gasteiger charge is 2.21. The molecule has 35 heavy (non-hydrogen) atoms. The molecule has 0 saturated heterocycles. The van der Waals surface area contributed by atoms with Gasteiger partial charge in [-0.2, -0.15) is 0 Å². The molecule has 0 amide bonds. The zero-order chi connectivity index (χ0) is 25.5. The van der Waals surface area contributed by atoms with Gasteiger partial charge in [0.25, 0.3) is 0 Å². The second kappa shape index (κ2) is 11.4. The van der Waals surface area contributed by atoms with Crippen LogP contribution in [-0.2, 0) is 22.4 Å². The van der Waals surface area contributed by atoms with Crippen LogP contribution in [0, 0.1) is 11.6 Å². The number of aliphatic carboxylic acids is 1. The van der Waals surface area contributed by atoms with Crippen LogP contribution < -0.4 is 4.74 Å². The summed E-state index contributed by atoms with van der Waals surface area (Å²) in [6, 6.07) is 8.15. The average Bonchev–Trinajstić information content (AvgIpc) is 3.25. The second-order valence-electron chi connectivity index (χ2n) is 7.81. The van der Waals surface area contributed by atoms with E-state index in [-0.39, 0.29) is 17.6 Å². The molecule has 0 bridgehead atoms. The van der Waals surface area contributed by atoms with Crippen LogP contribution >= 0.6 is 0 Å². The molecular weight excluding hydrogens is 458 g/mol. The standard InChI is InChI=1S/C26H26F2N2O5/c1-4-5-6-24-29-15-18(13-17(25(31)32)11-16-7-9-21(27)22(28)12-16)30(24)23-10-8-19(34-2)14-20(23)26(33)35-3/h7-10,12-15H,4-6,11H2,1-3H3,(H,31,32)/b17-13+. The van der Waals surface area contributed by atoms with Crippen molar-refractivity contribution >= 4 is 18.0 Å². The predicted molar refractivity (Wildman–Crippen MR) is 126 cm³/mol. The number of nitrogens with zero attached hydrogens (tertiary/aromatic N) is 2. The van der Waals surface area contributed by atoms with Gasteiger partial charge in [-0.15, -0.1) is 0 Å².